The van der Waals surface area contributed by atoms with Crippen LogP contribution in [0.1, 0.15) is 15.9 Å². The van der Waals surface area contributed by atoms with Crippen LogP contribution in [-0.4, -0.2) is 23.5 Å². The SMILES string of the molecule is O=C(COC(=O)c1cccnc1Nc1cccc(C(F)(F)F)c1)Nc1ccc(F)c(F)c1. The molecule has 0 fully saturated rings. The second-order valence-electron chi connectivity index (χ2n) is 6.36. The number of nitrogens with one attached hydrogen (secondary N) is 2. The van der Waals surface area contributed by atoms with Crippen LogP contribution in [0.25, 0.3) is 0 Å². The molecule has 0 spiro atoms. The van der Waals surface area contributed by atoms with Crippen molar-refractivity contribution >= 4 is 29.1 Å². The molecule has 0 radical (unpaired) electrons. The lowest BCUT2D eigenvalue weighted by Crippen LogP contribution is -2.21. The molecule has 0 saturated carbocycles. The van der Waals surface area contributed by atoms with Gasteiger partial charge in [-0.15, -0.1) is 0 Å². The molecule has 166 valence electrons. The first-order chi connectivity index (χ1) is 15.1. The molecule has 0 aliphatic heterocycles. The van der Waals surface area contributed by atoms with Crippen molar-refractivity contribution in [3.05, 3.63) is 83.6 Å². The summed E-state index contributed by atoms with van der Waals surface area (Å²) in [5.41, 5.74) is -1.04. The van der Waals surface area contributed by atoms with Crippen molar-refractivity contribution in [2.75, 3.05) is 17.2 Å². The number of hydrogen-bond donors (Lipinski definition) is 2. The number of ether oxygens (including phenoxy) is 1. The third kappa shape index (κ3) is 5.78. The van der Waals surface area contributed by atoms with Crippen LogP contribution in [-0.2, 0) is 15.7 Å². The number of nitrogens with zero attached hydrogens (tertiary/aromatic N) is 1. The number of aromatic nitrogens is 1. The van der Waals surface area contributed by atoms with Crippen molar-refractivity contribution in [1.82, 2.24) is 4.98 Å². The quantitative estimate of drug-likeness (QED) is 0.411. The van der Waals surface area contributed by atoms with Crippen molar-refractivity contribution in [3.63, 3.8) is 0 Å². The minimum absolute atomic E-state index is 0.0312. The van der Waals surface area contributed by atoms with E-state index in [4.69, 9.17) is 4.74 Å². The van der Waals surface area contributed by atoms with Gasteiger partial charge < -0.3 is 15.4 Å². The fourth-order valence-corrected chi connectivity index (χ4v) is 2.56. The first-order valence-corrected chi connectivity index (χ1v) is 8.95. The van der Waals surface area contributed by atoms with Gasteiger partial charge in [-0.1, -0.05) is 6.07 Å². The summed E-state index contributed by atoms with van der Waals surface area (Å²) >= 11 is 0. The molecular formula is C21H14F5N3O3. The van der Waals surface area contributed by atoms with E-state index in [1.165, 1.54) is 30.5 Å². The van der Waals surface area contributed by atoms with Crippen molar-refractivity contribution in [2.45, 2.75) is 6.18 Å². The largest absolute Gasteiger partial charge is 0.452 e. The van der Waals surface area contributed by atoms with Crippen molar-refractivity contribution in [3.8, 4) is 0 Å². The van der Waals surface area contributed by atoms with Gasteiger partial charge in [-0.05, 0) is 42.5 Å². The van der Waals surface area contributed by atoms with Crippen molar-refractivity contribution in [2.24, 2.45) is 0 Å². The maximum Gasteiger partial charge on any atom is 0.416 e. The Hall–Kier alpha value is -4.02. The van der Waals surface area contributed by atoms with Crippen LogP contribution >= 0.6 is 0 Å². The normalized spacial score (nSPS) is 11.0. The number of alkyl halides is 3. The molecule has 1 heterocycles. The monoisotopic (exact) mass is 451 g/mol. The van der Waals surface area contributed by atoms with Crippen LogP contribution in [0.2, 0.25) is 0 Å². The van der Waals surface area contributed by atoms with E-state index >= 15 is 0 Å². The standard InChI is InChI=1S/C21H14F5N3O3/c22-16-7-6-14(10-17(16)23)28-18(30)11-32-20(31)15-5-2-8-27-19(15)29-13-4-1-3-12(9-13)21(24,25)26/h1-10H,11H2,(H,27,29)(H,28,30). The smallest absolute Gasteiger partial charge is 0.416 e. The van der Waals surface area contributed by atoms with E-state index in [0.29, 0.717) is 0 Å². The Labute approximate surface area is 178 Å². The molecule has 6 nitrogen and oxygen atoms in total. The molecule has 1 amide bonds. The Morgan fingerprint density at radius 1 is 0.938 bits per heavy atom. The predicted molar refractivity (Wildman–Crippen MR) is 104 cm³/mol. The molecule has 2 N–H and O–H groups in total. The summed E-state index contributed by atoms with van der Waals surface area (Å²) in [6.07, 6.45) is -3.24. The molecule has 32 heavy (non-hydrogen) atoms. The van der Waals surface area contributed by atoms with Gasteiger partial charge in [0.2, 0.25) is 0 Å². The van der Waals surface area contributed by atoms with Gasteiger partial charge in [-0.3, -0.25) is 4.79 Å². The minimum atomic E-state index is -4.55. The molecule has 3 rings (SSSR count). The first-order valence-electron chi connectivity index (χ1n) is 8.95. The van der Waals surface area contributed by atoms with Gasteiger partial charge in [0.15, 0.2) is 18.2 Å². The zero-order valence-corrected chi connectivity index (χ0v) is 16.0. The molecule has 0 aliphatic rings. The third-order valence-corrected chi connectivity index (χ3v) is 4.02. The number of pyridine rings is 1. The molecule has 0 unspecified atom stereocenters. The average molecular weight is 451 g/mol. The Morgan fingerprint density at radius 2 is 1.72 bits per heavy atom. The van der Waals surface area contributed by atoms with E-state index in [-0.39, 0.29) is 22.8 Å². The number of hydrogen-bond acceptors (Lipinski definition) is 5. The van der Waals surface area contributed by atoms with Crippen molar-refractivity contribution < 1.29 is 36.3 Å². The lowest BCUT2D eigenvalue weighted by molar-refractivity contribution is -0.137. The summed E-state index contributed by atoms with van der Waals surface area (Å²) in [7, 11) is 0. The van der Waals surface area contributed by atoms with Crippen LogP contribution in [0.3, 0.4) is 0 Å². The number of halogens is 5. The number of rotatable bonds is 6. The Bertz CT molecular complexity index is 1150. The van der Waals surface area contributed by atoms with Gasteiger partial charge in [0.1, 0.15) is 11.4 Å². The second-order valence-corrected chi connectivity index (χ2v) is 6.36. The zero-order valence-electron chi connectivity index (χ0n) is 16.0. The molecule has 0 bridgehead atoms. The van der Waals surface area contributed by atoms with Crippen LogP contribution in [0.4, 0.5) is 39.1 Å². The van der Waals surface area contributed by atoms with E-state index in [9.17, 15) is 31.5 Å². The molecule has 0 saturated heterocycles. The molecule has 0 aliphatic carbocycles. The maximum absolute atomic E-state index is 13.2. The molecule has 2 aromatic carbocycles. The summed E-state index contributed by atoms with van der Waals surface area (Å²) < 4.78 is 69.7. The lowest BCUT2D eigenvalue weighted by Gasteiger charge is -2.13. The Morgan fingerprint density at radius 3 is 2.44 bits per heavy atom. The fraction of sp³-hybridized carbons (Fsp3) is 0.0952. The van der Waals surface area contributed by atoms with Crippen LogP contribution in [0.15, 0.2) is 60.8 Å². The number of carbonyl (C=O) groups excluding carboxylic acids is 2. The number of esters is 1. The summed E-state index contributed by atoms with van der Waals surface area (Å²) in [5, 5.41) is 4.85. The molecular weight excluding hydrogens is 437 g/mol. The summed E-state index contributed by atoms with van der Waals surface area (Å²) in [4.78, 5) is 28.2. The van der Waals surface area contributed by atoms with Crippen LogP contribution in [0, 0.1) is 11.6 Å². The topological polar surface area (TPSA) is 80.3 Å². The van der Waals surface area contributed by atoms with Gasteiger partial charge in [0.05, 0.1) is 5.56 Å². The highest BCUT2D eigenvalue weighted by atomic mass is 19.4. The summed E-state index contributed by atoms with van der Waals surface area (Å²) in [6, 6.07) is 9.68. The number of anilines is 3. The van der Waals surface area contributed by atoms with E-state index in [2.05, 4.69) is 15.6 Å². The molecule has 1 aromatic heterocycles. The maximum atomic E-state index is 13.2. The molecule has 3 aromatic rings. The second kappa shape index (κ2) is 9.41. The highest BCUT2D eigenvalue weighted by Gasteiger charge is 2.30. The Kier molecular flexibility index (Phi) is 6.67. The number of carbonyl (C=O) groups is 2. The number of benzene rings is 2. The van der Waals surface area contributed by atoms with Crippen LogP contribution in [0.5, 0.6) is 0 Å². The first kappa shape index (κ1) is 22.7. The van der Waals surface area contributed by atoms with Gasteiger partial charge in [-0.25, -0.2) is 18.6 Å². The summed E-state index contributed by atoms with van der Waals surface area (Å²) in [5.74, 6) is -4.14. The summed E-state index contributed by atoms with van der Waals surface area (Å²) in [6.45, 7) is -0.754. The molecule has 11 heteroatoms. The van der Waals surface area contributed by atoms with E-state index in [1.54, 1.807) is 0 Å². The lowest BCUT2D eigenvalue weighted by atomic mass is 10.2. The molecule has 0 atom stereocenters. The van der Waals surface area contributed by atoms with Gasteiger partial charge >= 0.3 is 12.1 Å². The predicted octanol–water partition coefficient (Wildman–Crippen LogP) is 4.92. The van der Waals surface area contributed by atoms with Gasteiger partial charge in [-0.2, -0.15) is 13.2 Å². The van der Waals surface area contributed by atoms with Gasteiger partial charge in [0.25, 0.3) is 5.91 Å². The van der Waals surface area contributed by atoms with E-state index in [0.717, 1.165) is 30.3 Å². The highest BCUT2D eigenvalue weighted by Crippen LogP contribution is 2.31. The number of amides is 1. The van der Waals surface area contributed by atoms with Crippen molar-refractivity contribution in [1.29, 1.82) is 0 Å². The zero-order chi connectivity index (χ0) is 23.3. The third-order valence-electron chi connectivity index (χ3n) is 4.02. The van der Waals surface area contributed by atoms with Gasteiger partial charge in [0, 0.05) is 23.6 Å². The fourth-order valence-electron chi connectivity index (χ4n) is 2.56. The average Bonchev–Trinajstić information content (AvgIpc) is 2.75. The van der Waals surface area contributed by atoms with Crippen LogP contribution < -0.4 is 10.6 Å². The Balaban J connectivity index is 1.66. The van der Waals surface area contributed by atoms with E-state index < -0.39 is 41.9 Å². The van der Waals surface area contributed by atoms with E-state index in [1.807, 2.05) is 0 Å². The highest BCUT2D eigenvalue weighted by molar-refractivity contribution is 5.98. The minimum Gasteiger partial charge on any atom is -0.452 e.